The molecule has 2 N–H and O–H groups in total. The number of likely N-dealkylation sites (tertiary alicyclic amines) is 1. The summed E-state index contributed by atoms with van der Waals surface area (Å²) in [5.41, 5.74) is 0.298. The van der Waals surface area contributed by atoms with Crippen LogP contribution in [-0.2, 0) is 9.47 Å². The van der Waals surface area contributed by atoms with Gasteiger partial charge < -0.3 is 29.7 Å². The number of aromatic nitrogens is 2. The molecule has 2 aliphatic rings. The van der Waals surface area contributed by atoms with Crippen molar-refractivity contribution in [2.24, 2.45) is 0 Å². The van der Waals surface area contributed by atoms with Gasteiger partial charge in [-0.2, -0.15) is 0 Å². The SMILES string of the molecule is CNc1ncnc(C(=O)N2CCC(NC3CCOCC3OC)CC2)c1OC. The quantitative estimate of drug-likeness (QED) is 0.739. The molecule has 0 aromatic carbocycles. The molecule has 2 unspecified atom stereocenters. The van der Waals surface area contributed by atoms with Crippen LogP contribution in [0, 0.1) is 0 Å². The summed E-state index contributed by atoms with van der Waals surface area (Å²) in [5, 5.41) is 6.62. The first-order chi connectivity index (χ1) is 13.2. The first-order valence-electron chi connectivity index (χ1n) is 9.40. The molecule has 1 aromatic heterocycles. The van der Waals surface area contributed by atoms with Crippen molar-refractivity contribution in [1.29, 1.82) is 0 Å². The van der Waals surface area contributed by atoms with Gasteiger partial charge >= 0.3 is 0 Å². The highest BCUT2D eigenvalue weighted by molar-refractivity contribution is 5.96. The van der Waals surface area contributed by atoms with Crippen LogP contribution < -0.4 is 15.4 Å². The van der Waals surface area contributed by atoms with Crippen molar-refractivity contribution >= 4 is 11.7 Å². The lowest BCUT2D eigenvalue weighted by Gasteiger charge is -2.38. The average molecular weight is 379 g/mol. The number of piperidine rings is 1. The number of hydrogen-bond donors (Lipinski definition) is 2. The van der Waals surface area contributed by atoms with Gasteiger partial charge in [0, 0.05) is 45.9 Å². The van der Waals surface area contributed by atoms with Crippen LogP contribution in [-0.4, -0.2) is 86.5 Å². The minimum atomic E-state index is -0.120. The van der Waals surface area contributed by atoms with E-state index in [2.05, 4.69) is 20.6 Å². The Labute approximate surface area is 159 Å². The molecule has 2 atom stereocenters. The molecule has 0 saturated carbocycles. The standard InChI is InChI=1S/C18H29N5O4/c1-19-17-16(26-3)15(20-11-21-17)18(24)23-7-4-12(5-8-23)22-13-6-9-27-10-14(13)25-2/h11-14,22H,4-10H2,1-3H3,(H,19,20,21). The van der Waals surface area contributed by atoms with E-state index in [4.69, 9.17) is 14.2 Å². The van der Waals surface area contributed by atoms with Gasteiger partial charge in [-0.05, 0) is 19.3 Å². The summed E-state index contributed by atoms with van der Waals surface area (Å²) in [6, 6.07) is 0.672. The highest BCUT2D eigenvalue weighted by Crippen LogP contribution is 2.26. The summed E-state index contributed by atoms with van der Waals surface area (Å²) in [4.78, 5) is 23.0. The summed E-state index contributed by atoms with van der Waals surface area (Å²) in [6.45, 7) is 2.75. The fraction of sp³-hybridized carbons (Fsp3) is 0.722. The van der Waals surface area contributed by atoms with E-state index in [0.29, 0.717) is 49.0 Å². The Balaban J connectivity index is 1.58. The Morgan fingerprint density at radius 3 is 2.70 bits per heavy atom. The summed E-state index contributed by atoms with van der Waals surface area (Å²) in [6.07, 6.45) is 4.20. The van der Waals surface area contributed by atoms with Crippen LogP contribution in [0.25, 0.3) is 0 Å². The molecule has 0 bridgehead atoms. The van der Waals surface area contributed by atoms with E-state index in [1.54, 1.807) is 14.2 Å². The lowest BCUT2D eigenvalue weighted by atomic mass is 9.99. The predicted molar refractivity (Wildman–Crippen MR) is 100 cm³/mol. The number of ether oxygens (including phenoxy) is 3. The molecule has 0 radical (unpaired) electrons. The molecule has 2 saturated heterocycles. The number of rotatable bonds is 6. The van der Waals surface area contributed by atoms with E-state index < -0.39 is 0 Å². The molecule has 2 fully saturated rings. The van der Waals surface area contributed by atoms with Gasteiger partial charge in [0.15, 0.2) is 17.3 Å². The van der Waals surface area contributed by atoms with Gasteiger partial charge in [-0.1, -0.05) is 0 Å². The van der Waals surface area contributed by atoms with E-state index in [9.17, 15) is 4.79 Å². The van der Waals surface area contributed by atoms with Gasteiger partial charge in [0.05, 0.1) is 19.8 Å². The van der Waals surface area contributed by atoms with Gasteiger partial charge in [0.1, 0.15) is 6.33 Å². The zero-order chi connectivity index (χ0) is 19.2. The number of nitrogens with zero attached hydrogens (tertiary/aromatic N) is 3. The number of carbonyl (C=O) groups is 1. The molecule has 0 aliphatic carbocycles. The second kappa shape index (κ2) is 9.29. The Hall–Kier alpha value is -1.97. The van der Waals surface area contributed by atoms with Gasteiger partial charge in [-0.15, -0.1) is 0 Å². The zero-order valence-corrected chi connectivity index (χ0v) is 16.2. The molecular weight excluding hydrogens is 350 g/mol. The average Bonchev–Trinajstić information content (AvgIpc) is 2.73. The van der Waals surface area contributed by atoms with Crippen LogP contribution in [0.15, 0.2) is 6.33 Å². The number of methoxy groups -OCH3 is 2. The summed E-state index contributed by atoms with van der Waals surface area (Å²) < 4.78 is 16.4. The van der Waals surface area contributed by atoms with Crippen LogP contribution in [0.1, 0.15) is 29.8 Å². The molecule has 9 heteroatoms. The molecule has 3 rings (SSSR count). The molecule has 3 heterocycles. The fourth-order valence-corrected chi connectivity index (χ4v) is 3.73. The number of anilines is 1. The third kappa shape index (κ3) is 4.48. The third-order valence-corrected chi connectivity index (χ3v) is 5.29. The summed E-state index contributed by atoms with van der Waals surface area (Å²) in [7, 11) is 4.98. The van der Waals surface area contributed by atoms with Crippen LogP contribution in [0.2, 0.25) is 0 Å². The first kappa shape index (κ1) is 19.8. The van der Waals surface area contributed by atoms with Crippen LogP contribution in [0.4, 0.5) is 5.82 Å². The zero-order valence-electron chi connectivity index (χ0n) is 16.2. The van der Waals surface area contributed by atoms with Gasteiger partial charge in [-0.25, -0.2) is 9.97 Å². The van der Waals surface area contributed by atoms with Gasteiger partial charge in [0.2, 0.25) is 0 Å². The van der Waals surface area contributed by atoms with Crippen LogP contribution >= 0.6 is 0 Å². The van der Waals surface area contributed by atoms with E-state index in [-0.39, 0.29) is 12.0 Å². The number of carbonyl (C=O) groups excluding carboxylic acids is 1. The Kier molecular flexibility index (Phi) is 6.81. The summed E-state index contributed by atoms with van der Waals surface area (Å²) in [5.74, 6) is 0.776. The highest BCUT2D eigenvalue weighted by Gasteiger charge is 2.31. The molecule has 1 amide bonds. The van der Waals surface area contributed by atoms with E-state index in [0.717, 1.165) is 25.9 Å². The molecule has 27 heavy (non-hydrogen) atoms. The maximum absolute atomic E-state index is 12.9. The van der Waals surface area contributed by atoms with Crippen molar-refractivity contribution in [2.45, 2.75) is 37.5 Å². The van der Waals surface area contributed by atoms with E-state index in [1.165, 1.54) is 13.4 Å². The number of nitrogens with one attached hydrogen (secondary N) is 2. The second-order valence-corrected chi connectivity index (χ2v) is 6.83. The van der Waals surface area contributed by atoms with Crippen LogP contribution in [0.5, 0.6) is 5.75 Å². The smallest absolute Gasteiger partial charge is 0.276 e. The first-order valence-corrected chi connectivity index (χ1v) is 9.40. The normalized spacial score (nSPS) is 23.9. The topological polar surface area (TPSA) is 97.8 Å². The minimum absolute atomic E-state index is 0.0867. The van der Waals surface area contributed by atoms with Crippen molar-refractivity contribution in [1.82, 2.24) is 20.2 Å². The predicted octanol–water partition coefficient (Wildman–Crippen LogP) is 0.525. The lowest BCUT2D eigenvalue weighted by molar-refractivity contribution is -0.0533. The maximum Gasteiger partial charge on any atom is 0.276 e. The van der Waals surface area contributed by atoms with Crippen molar-refractivity contribution in [3.63, 3.8) is 0 Å². The molecule has 150 valence electrons. The number of amides is 1. The van der Waals surface area contributed by atoms with Crippen molar-refractivity contribution in [3.05, 3.63) is 12.0 Å². The van der Waals surface area contributed by atoms with E-state index in [1.807, 2.05) is 4.90 Å². The Morgan fingerprint density at radius 2 is 2.04 bits per heavy atom. The van der Waals surface area contributed by atoms with Crippen LogP contribution in [0.3, 0.4) is 0 Å². The van der Waals surface area contributed by atoms with Crippen molar-refractivity contribution in [2.75, 3.05) is 52.9 Å². The van der Waals surface area contributed by atoms with E-state index >= 15 is 0 Å². The Bertz CT molecular complexity index is 636. The molecular formula is C18H29N5O4. The fourth-order valence-electron chi connectivity index (χ4n) is 3.73. The monoisotopic (exact) mass is 379 g/mol. The van der Waals surface area contributed by atoms with Gasteiger partial charge in [0.25, 0.3) is 5.91 Å². The lowest BCUT2D eigenvalue weighted by Crippen LogP contribution is -2.54. The molecule has 2 aliphatic heterocycles. The van der Waals surface area contributed by atoms with Crippen molar-refractivity contribution in [3.8, 4) is 5.75 Å². The Morgan fingerprint density at radius 1 is 1.26 bits per heavy atom. The van der Waals surface area contributed by atoms with Crippen molar-refractivity contribution < 1.29 is 19.0 Å². The highest BCUT2D eigenvalue weighted by atomic mass is 16.5. The third-order valence-electron chi connectivity index (χ3n) is 5.29. The molecule has 9 nitrogen and oxygen atoms in total. The molecule has 1 aromatic rings. The van der Waals surface area contributed by atoms with Gasteiger partial charge in [-0.3, -0.25) is 4.79 Å². The molecule has 0 spiro atoms. The number of hydrogen-bond acceptors (Lipinski definition) is 8. The second-order valence-electron chi connectivity index (χ2n) is 6.83. The summed E-state index contributed by atoms with van der Waals surface area (Å²) >= 11 is 0. The maximum atomic E-state index is 12.9. The largest absolute Gasteiger partial charge is 0.491 e. The minimum Gasteiger partial charge on any atom is -0.491 e.